The summed E-state index contributed by atoms with van der Waals surface area (Å²) in [6.45, 7) is 0.258. The van der Waals surface area contributed by atoms with Crippen molar-refractivity contribution in [1.82, 2.24) is 15.5 Å². The van der Waals surface area contributed by atoms with E-state index in [-0.39, 0.29) is 12.5 Å². The van der Waals surface area contributed by atoms with Gasteiger partial charge in [-0.2, -0.15) is 5.10 Å². The summed E-state index contributed by atoms with van der Waals surface area (Å²) in [7, 11) is 0. The van der Waals surface area contributed by atoms with E-state index in [0.29, 0.717) is 12.1 Å². The van der Waals surface area contributed by atoms with Gasteiger partial charge in [0.2, 0.25) is 0 Å². The Bertz CT molecular complexity index is 592. The molecule has 0 fully saturated rings. The first-order valence-electron chi connectivity index (χ1n) is 5.75. The van der Waals surface area contributed by atoms with Crippen molar-refractivity contribution in [3.05, 3.63) is 53.3 Å². The molecular formula is C14H13N3O2. The Balaban J connectivity index is 1.95. The molecule has 0 unspecified atom stereocenters. The number of aromatic nitrogens is 2. The molecule has 1 aromatic carbocycles. The lowest BCUT2D eigenvalue weighted by Crippen LogP contribution is -2.22. The zero-order chi connectivity index (χ0) is 13.5. The number of rotatable bonds is 3. The molecule has 2 rings (SSSR count). The van der Waals surface area contributed by atoms with Crippen LogP contribution in [0.2, 0.25) is 0 Å². The summed E-state index contributed by atoms with van der Waals surface area (Å²) in [4.78, 5) is 11.8. The maximum absolute atomic E-state index is 11.8. The average Bonchev–Trinajstić information content (AvgIpc) is 2.96. The van der Waals surface area contributed by atoms with Gasteiger partial charge >= 0.3 is 0 Å². The first-order chi connectivity index (χ1) is 9.29. The predicted molar refractivity (Wildman–Crippen MR) is 70.2 cm³/mol. The van der Waals surface area contributed by atoms with E-state index in [1.165, 1.54) is 0 Å². The summed E-state index contributed by atoms with van der Waals surface area (Å²) >= 11 is 0. The second-order valence-corrected chi connectivity index (χ2v) is 3.83. The highest BCUT2D eigenvalue weighted by molar-refractivity contribution is 5.94. The Morgan fingerprint density at radius 2 is 2.16 bits per heavy atom. The monoisotopic (exact) mass is 255 g/mol. The second-order valence-electron chi connectivity index (χ2n) is 3.83. The lowest BCUT2D eigenvalue weighted by molar-refractivity contribution is 0.0951. The lowest BCUT2D eigenvalue weighted by atomic mass is 10.1. The van der Waals surface area contributed by atoms with Gasteiger partial charge in [0.05, 0.1) is 6.20 Å². The van der Waals surface area contributed by atoms with Gasteiger partial charge in [-0.15, -0.1) is 0 Å². The highest BCUT2D eigenvalue weighted by atomic mass is 16.2. The first-order valence-corrected chi connectivity index (χ1v) is 5.75. The minimum Gasteiger partial charge on any atom is -0.384 e. The number of carbonyl (C=O) groups is 1. The number of benzene rings is 1. The molecule has 3 N–H and O–H groups in total. The van der Waals surface area contributed by atoms with Crippen LogP contribution in [0.25, 0.3) is 0 Å². The number of hydrogen-bond donors (Lipinski definition) is 3. The van der Waals surface area contributed by atoms with Crippen LogP contribution < -0.4 is 5.32 Å². The third-order valence-corrected chi connectivity index (χ3v) is 2.47. The van der Waals surface area contributed by atoms with Crippen LogP contribution in [0.1, 0.15) is 21.5 Å². The van der Waals surface area contributed by atoms with Gasteiger partial charge in [0, 0.05) is 29.4 Å². The van der Waals surface area contributed by atoms with Crippen LogP contribution >= 0.6 is 0 Å². The van der Waals surface area contributed by atoms with Crippen molar-refractivity contribution in [2.75, 3.05) is 6.61 Å². The van der Waals surface area contributed by atoms with Gasteiger partial charge < -0.3 is 10.4 Å². The lowest BCUT2D eigenvalue weighted by Gasteiger charge is -2.03. The number of aliphatic hydroxyl groups is 1. The maximum Gasteiger partial charge on any atom is 0.251 e. The van der Waals surface area contributed by atoms with Gasteiger partial charge in [-0.3, -0.25) is 9.89 Å². The Morgan fingerprint density at radius 3 is 2.79 bits per heavy atom. The summed E-state index contributed by atoms with van der Waals surface area (Å²) in [5.41, 5.74) is 2.25. The molecule has 1 heterocycles. The molecule has 0 aliphatic heterocycles. The van der Waals surface area contributed by atoms with E-state index in [0.717, 1.165) is 11.1 Å². The molecule has 0 atom stereocenters. The fourth-order valence-electron chi connectivity index (χ4n) is 1.51. The fourth-order valence-corrected chi connectivity index (χ4v) is 1.51. The van der Waals surface area contributed by atoms with Crippen LogP contribution in [0, 0.1) is 11.8 Å². The zero-order valence-electron chi connectivity index (χ0n) is 10.2. The Morgan fingerprint density at radius 1 is 1.37 bits per heavy atom. The summed E-state index contributed by atoms with van der Waals surface area (Å²) in [6.07, 6.45) is 3.39. The summed E-state index contributed by atoms with van der Waals surface area (Å²) in [6, 6.07) is 6.89. The number of nitrogens with zero attached hydrogens (tertiary/aromatic N) is 1. The van der Waals surface area contributed by atoms with E-state index in [2.05, 4.69) is 27.4 Å². The normalized spacial score (nSPS) is 9.53. The van der Waals surface area contributed by atoms with Gasteiger partial charge in [0.25, 0.3) is 5.91 Å². The molecule has 2 aromatic rings. The van der Waals surface area contributed by atoms with Crippen LogP contribution in [-0.2, 0) is 6.54 Å². The highest BCUT2D eigenvalue weighted by Crippen LogP contribution is 2.04. The van der Waals surface area contributed by atoms with E-state index in [1.54, 1.807) is 36.7 Å². The second kappa shape index (κ2) is 6.38. The smallest absolute Gasteiger partial charge is 0.251 e. The molecule has 0 aliphatic carbocycles. The molecule has 1 amide bonds. The van der Waals surface area contributed by atoms with Crippen LogP contribution in [0.5, 0.6) is 0 Å². The molecule has 5 nitrogen and oxygen atoms in total. The average molecular weight is 255 g/mol. The topological polar surface area (TPSA) is 78.0 Å². The molecule has 19 heavy (non-hydrogen) atoms. The summed E-state index contributed by atoms with van der Waals surface area (Å²) < 4.78 is 0. The number of hydrogen-bond acceptors (Lipinski definition) is 3. The fraction of sp³-hybridized carbons (Fsp3) is 0.143. The van der Waals surface area contributed by atoms with E-state index >= 15 is 0 Å². The maximum atomic E-state index is 11.8. The van der Waals surface area contributed by atoms with Crippen LogP contribution in [0.3, 0.4) is 0 Å². The number of H-pyrrole nitrogens is 1. The molecular weight excluding hydrogens is 242 g/mol. The number of nitrogens with one attached hydrogen (secondary N) is 2. The van der Waals surface area contributed by atoms with Crippen molar-refractivity contribution in [2.24, 2.45) is 0 Å². The molecule has 0 radical (unpaired) electrons. The van der Waals surface area contributed by atoms with Crippen LogP contribution in [-0.4, -0.2) is 27.8 Å². The van der Waals surface area contributed by atoms with Gasteiger partial charge in [0.1, 0.15) is 6.61 Å². The molecule has 5 heteroatoms. The van der Waals surface area contributed by atoms with Gasteiger partial charge in [-0.1, -0.05) is 11.8 Å². The molecule has 0 bridgehead atoms. The van der Waals surface area contributed by atoms with E-state index in [9.17, 15) is 4.79 Å². The number of carbonyl (C=O) groups excluding carboxylic acids is 1. The number of aliphatic hydroxyl groups excluding tert-OH is 1. The predicted octanol–water partition coefficient (Wildman–Crippen LogP) is 0.683. The summed E-state index contributed by atoms with van der Waals surface area (Å²) in [5, 5.41) is 17.9. The molecule has 0 saturated carbocycles. The largest absolute Gasteiger partial charge is 0.384 e. The Labute approximate surface area is 110 Å². The van der Waals surface area contributed by atoms with Crippen molar-refractivity contribution in [3.8, 4) is 11.8 Å². The standard InChI is InChI=1S/C14H13N3O2/c18-7-1-2-11-3-5-13(6-4-11)14(19)15-8-12-9-16-17-10-12/h3-6,9-10,18H,7-8H2,(H,15,19)(H,16,17). The Kier molecular flexibility index (Phi) is 4.32. The third-order valence-electron chi connectivity index (χ3n) is 2.47. The van der Waals surface area contributed by atoms with E-state index < -0.39 is 0 Å². The van der Waals surface area contributed by atoms with Gasteiger partial charge in [0.15, 0.2) is 0 Å². The molecule has 1 aromatic heterocycles. The van der Waals surface area contributed by atoms with Crippen molar-refractivity contribution in [2.45, 2.75) is 6.54 Å². The molecule has 0 aliphatic rings. The quantitative estimate of drug-likeness (QED) is 0.706. The molecule has 0 spiro atoms. The van der Waals surface area contributed by atoms with Gasteiger partial charge in [-0.25, -0.2) is 0 Å². The van der Waals surface area contributed by atoms with Crippen molar-refractivity contribution < 1.29 is 9.90 Å². The van der Waals surface area contributed by atoms with Crippen LogP contribution in [0.4, 0.5) is 0 Å². The van der Waals surface area contributed by atoms with Crippen molar-refractivity contribution >= 4 is 5.91 Å². The minimum atomic E-state index is -0.174. The van der Waals surface area contributed by atoms with E-state index in [1.807, 2.05) is 0 Å². The summed E-state index contributed by atoms with van der Waals surface area (Å²) in [5.74, 6) is 5.17. The first kappa shape index (κ1) is 12.9. The third kappa shape index (κ3) is 3.69. The van der Waals surface area contributed by atoms with Crippen LogP contribution in [0.15, 0.2) is 36.7 Å². The number of aromatic amines is 1. The van der Waals surface area contributed by atoms with Crippen molar-refractivity contribution in [3.63, 3.8) is 0 Å². The van der Waals surface area contributed by atoms with Gasteiger partial charge in [-0.05, 0) is 24.3 Å². The Hall–Kier alpha value is -2.58. The molecule has 0 saturated heterocycles. The molecule has 96 valence electrons. The minimum absolute atomic E-state index is 0.150. The van der Waals surface area contributed by atoms with E-state index in [4.69, 9.17) is 5.11 Å². The number of amides is 1. The SMILES string of the molecule is O=C(NCc1cn[nH]c1)c1ccc(C#CCO)cc1. The zero-order valence-corrected chi connectivity index (χ0v) is 10.2. The van der Waals surface area contributed by atoms with Crippen molar-refractivity contribution in [1.29, 1.82) is 0 Å². The highest BCUT2D eigenvalue weighted by Gasteiger charge is 2.04.